The third-order valence-electron chi connectivity index (χ3n) is 3.69. The number of hydrogen-bond donors (Lipinski definition) is 2. The highest BCUT2D eigenvalue weighted by molar-refractivity contribution is 6.30. The molecule has 3 nitrogen and oxygen atoms in total. The molecular formula is C15H21ClN2O. The Labute approximate surface area is 119 Å². The van der Waals surface area contributed by atoms with Gasteiger partial charge >= 0.3 is 0 Å². The minimum Gasteiger partial charge on any atom is -0.349 e. The van der Waals surface area contributed by atoms with E-state index >= 15 is 0 Å². The summed E-state index contributed by atoms with van der Waals surface area (Å²) in [5.41, 5.74) is 1.08. The number of nitrogens with one attached hydrogen (secondary N) is 2. The van der Waals surface area contributed by atoms with Crippen LogP contribution in [0.5, 0.6) is 0 Å². The summed E-state index contributed by atoms with van der Waals surface area (Å²) in [4.78, 5) is 12.3. The van der Waals surface area contributed by atoms with E-state index in [9.17, 15) is 4.79 Å². The van der Waals surface area contributed by atoms with Crippen molar-refractivity contribution in [2.24, 2.45) is 5.92 Å². The van der Waals surface area contributed by atoms with Crippen LogP contribution in [-0.2, 0) is 4.79 Å². The molecule has 19 heavy (non-hydrogen) atoms. The zero-order valence-corrected chi connectivity index (χ0v) is 12.0. The minimum absolute atomic E-state index is 0.0566. The van der Waals surface area contributed by atoms with Crippen molar-refractivity contribution in [1.29, 1.82) is 0 Å². The summed E-state index contributed by atoms with van der Waals surface area (Å²) in [5.74, 6) is 0.322. The predicted octanol–water partition coefficient (Wildman–Crippen LogP) is 2.91. The molecule has 0 aliphatic carbocycles. The Morgan fingerprint density at radius 2 is 2.21 bits per heavy atom. The van der Waals surface area contributed by atoms with Gasteiger partial charge in [0.2, 0.25) is 5.91 Å². The van der Waals surface area contributed by atoms with Crippen LogP contribution in [0.1, 0.15) is 37.8 Å². The quantitative estimate of drug-likeness (QED) is 0.890. The molecule has 1 aliphatic rings. The highest BCUT2D eigenvalue weighted by Crippen LogP contribution is 2.22. The van der Waals surface area contributed by atoms with Gasteiger partial charge in [-0.25, -0.2) is 0 Å². The Morgan fingerprint density at radius 1 is 1.47 bits per heavy atom. The van der Waals surface area contributed by atoms with Crippen molar-refractivity contribution in [3.05, 3.63) is 34.9 Å². The molecule has 1 saturated heterocycles. The molecule has 104 valence electrons. The van der Waals surface area contributed by atoms with E-state index < -0.39 is 0 Å². The lowest BCUT2D eigenvalue weighted by molar-refractivity contribution is -0.126. The fourth-order valence-electron chi connectivity index (χ4n) is 2.52. The first-order valence-corrected chi connectivity index (χ1v) is 7.35. The number of rotatable bonds is 4. The first kappa shape index (κ1) is 14.4. The number of carbonyl (C=O) groups excluding carboxylic acids is 1. The summed E-state index contributed by atoms with van der Waals surface area (Å²) in [6.07, 6.45) is 2.73. The average molecular weight is 281 g/mol. The first-order chi connectivity index (χ1) is 9.20. The van der Waals surface area contributed by atoms with Crippen LogP contribution in [0.15, 0.2) is 24.3 Å². The number of carbonyl (C=O) groups is 1. The summed E-state index contributed by atoms with van der Waals surface area (Å²) >= 11 is 6.01. The van der Waals surface area contributed by atoms with E-state index in [0.29, 0.717) is 5.02 Å². The van der Waals surface area contributed by atoms with Gasteiger partial charge in [-0.3, -0.25) is 4.79 Å². The maximum Gasteiger partial charge on any atom is 0.223 e. The summed E-state index contributed by atoms with van der Waals surface area (Å²) in [5, 5.41) is 7.15. The average Bonchev–Trinajstić information content (AvgIpc) is 2.45. The third-order valence-corrected chi connectivity index (χ3v) is 3.92. The second kappa shape index (κ2) is 6.92. The third kappa shape index (κ3) is 3.95. The van der Waals surface area contributed by atoms with Crippen molar-refractivity contribution in [3.8, 4) is 0 Å². The molecule has 1 aromatic carbocycles. The number of benzene rings is 1. The maximum atomic E-state index is 12.3. The van der Waals surface area contributed by atoms with E-state index in [1.54, 1.807) is 0 Å². The molecule has 0 bridgehead atoms. The maximum absolute atomic E-state index is 12.3. The first-order valence-electron chi connectivity index (χ1n) is 6.97. The molecule has 1 heterocycles. The van der Waals surface area contributed by atoms with Gasteiger partial charge in [0.15, 0.2) is 0 Å². The van der Waals surface area contributed by atoms with Crippen molar-refractivity contribution in [2.75, 3.05) is 13.1 Å². The van der Waals surface area contributed by atoms with E-state index in [2.05, 4.69) is 17.6 Å². The van der Waals surface area contributed by atoms with Gasteiger partial charge in [-0.15, -0.1) is 0 Å². The van der Waals surface area contributed by atoms with Gasteiger partial charge in [0, 0.05) is 10.9 Å². The lowest BCUT2D eigenvalue weighted by Crippen LogP contribution is -2.39. The van der Waals surface area contributed by atoms with Crippen molar-refractivity contribution in [3.63, 3.8) is 0 Å². The van der Waals surface area contributed by atoms with E-state index in [0.717, 1.165) is 37.9 Å². The number of hydrogen-bond acceptors (Lipinski definition) is 2. The Bertz CT molecular complexity index is 430. The van der Waals surface area contributed by atoms with Gasteiger partial charge in [0.25, 0.3) is 0 Å². The molecule has 0 saturated carbocycles. The standard InChI is InChI=1S/C15H21ClN2O/c1-2-14(12-4-3-5-13(16)10-12)18-15(19)11-6-8-17-9-7-11/h3-5,10-11,14,17H,2,6-9H2,1H3,(H,18,19). The molecule has 0 aromatic heterocycles. The second-order valence-corrected chi connectivity index (χ2v) is 5.49. The lowest BCUT2D eigenvalue weighted by Gasteiger charge is -2.25. The van der Waals surface area contributed by atoms with Gasteiger partial charge in [0.1, 0.15) is 0 Å². The number of piperidine rings is 1. The van der Waals surface area contributed by atoms with Crippen LogP contribution in [0, 0.1) is 5.92 Å². The van der Waals surface area contributed by atoms with E-state index in [-0.39, 0.29) is 17.9 Å². The molecule has 1 aliphatic heterocycles. The minimum atomic E-state index is 0.0566. The summed E-state index contributed by atoms with van der Waals surface area (Å²) < 4.78 is 0. The zero-order valence-electron chi connectivity index (χ0n) is 11.3. The van der Waals surface area contributed by atoms with Crippen LogP contribution >= 0.6 is 11.6 Å². The van der Waals surface area contributed by atoms with Crippen LogP contribution in [0.25, 0.3) is 0 Å². The molecule has 2 N–H and O–H groups in total. The van der Waals surface area contributed by atoms with Crippen LogP contribution in [-0.4, -0.2) is 19.0 Å². The predicted molar refractivity (Wildman–Crippen MR) is 78.2 cm³/mol. The normalized spacial score (nSPS) is 18.0. The van der Waals surface area contributed by atoms with Gasteiger partial charge in [0.05, 0.1) is 6.04 Å². The van der Waals surface area contributed by atoms with Crippen LogP contribution in [0.4, 0.5) is 0 Å². The largest absolute Gasteiger partial charge is 0.349 e. The molecular weight excluding hydrogens is 260 g/mol. The van der Waals surface area contributed by atoms with Crippen LogP contribution < -0.4 is 10.6 Å². The summed E-state index contributed by atoms with van der Waals surface area (Å²) in [6, 6.07) is 7.78. The molecule has 1 atom stereocenters. The fraction of sp³-hybridized carbons (Fsp3) is 0.533. The molecule has 1 fully saturated rings. The molecule has 2 rings (SSSR count). The fourth-order valence-corrected chi connectivity index (χ4v) is 2.72. The van der Waals surface area contributed by atoms with Crippen molar-refractivity contribution < 1.29 is 4.79 Å². The Kier molecular flexibility index (Phi) is 5.23. The Hall–Kier alpha value is -1.06. The van der Waals surface area contributed by atoms with Crippen molar-refractivity contribution in [1.82, 2.24) is 10.6 Å². The summed E-state index contributed by atoms with van der Waals surface area (Å²) in [6.45, 7) is 3.95. The van der Waals surface area contributed by atoms with Crippen LogP contribution in [0.3, 0.4) is 0 Å². The molecule has 4 heteroatoms. The Balaban J connectivity index is 2.00. The van der Waals surface area contributed by atoms with Crippen molar-refractivity contribution >= 4 is 17.5 Å². The SMILES string of the molecule is CCC(NC(=O)C1CCNCC1)c1cccc(Cl)c1. The second-order valence-electron chi connectivity index (χ2n) is 5.05. The van der Waals surface area contributed by atoms with Gasteiger partial charge < -0.3 is 10.6 Å². The molecule has 1 unspecified atom stereocenters. The molecule has 1 aromatic rings. The topological polar surface area (TPSA) is 41.1 Å². The van der Waals surface area contributed by atoms with Crippen LogP contribution in [0.2, 0.25) is 5.02 Å². The van der Waals surface area contributed by atoms with E-state index in [1.165, 1.54) is 0 Å². The monoisotopic (exact) mass is 280 g/mol. The zero-order chi connectivity index (χ0) is 13.7. The summed E-state index contributed by atoms with van der Waals surface area (Å²) in [7, 11) is 0. The number of halogens is 1. The lowest BCUT2D eigenvalue weighted by atomic mass is 9.96. The smallest absolute Gasteiger partial charge is 0.223 e. The Morgan fingerprint density at radius 3 is 2.84 bits per heavy atom. The van der Waals surface area contributed by atoms with E-state index in [1.807, 2.05) is 24.3 Å². The van der Waals surface area contributed by atoms with Gasteiger partial charge in [-0.2, -0.15) is 0 Å². The van der Waals surface area contributed by atoms with E-state index in [4.69, 9.17) is 11.6 Å². The molecule has 1 amide bonds. The molecule has 0 radical (unpaired) electrons. The highest BCUT2D eigenvalue weighted by atomic mass is 35.5. The highest BCUT2D eigenvalue weighted by Gasteiger charge is 2.23. The number of amides is 1. The van der Waals surface area contributed by atoms with Crippen molar-refractivity contribution in [2.45, 2.75) is 32.2 Å². The van der Waals surface area contributed by atoms with Gasteiger partial charge in [-0.1, -0.05) is 30.7 Å². The van der Waals surface area contributed by atoms with Gasteiger partial charge in [-0.05, 0) is 50.0 Å². The molecule has 0 spiro atoms.